The lowest BCUT2D eigenvalue weighted by Gasteiger charge is -2.10. The van der Waals surface area contributed by atoms with E-state index < -0.39 is 12.3 Å². The monoisotopic (exact) mass is 274 g/mol. The smallest absolute Gasteiger partial charge is 0.481 e. The number of benzene rings is 1. The minimum Gasteiger partial charge on any atom is -0.481 e. The summed E-state index contributed by atoms with van der Waals surface area (Å²) in [5.74, 6) is -1.18. The lowest BCUT2D eigenvalue weighted by atomic mass is 10.0. The summed E-state index contributed by atoms with van der Waals surface area (Å²) in [6, 6.07) is 5.32. The second-order valence-electron chi connectivity index (χ2n) is 3.92. The van der Waals surface area contributed by atoms with E-state index in [2.05, 4.69) is 11.3 Å². The quantitative estimate of drug-likeness (QED) is 0.857. The standard InChI is InChI=1S/C13H13F3O3/c1-9(3-2-4-12(17)18)10-5-7-11(8-6-10)19-13(14,15)16/h5-8H,1-4H2,(H,17,18). The Morgan fingerprint density at radius 2 is 1.79 bits per heavy atom. The van der Waals surface area contributed by atoms with Crippen LogP contribution in [0.3, 0.4) is 0 Å². The molecule has 19 heavy (non-hydrogen) atoms. The maximum Gasteiger partial charge on any atom is 0.573 e. The zero-order valence-corrected chi connectivity index (χ0v) is 10.0. The Kier molecular flexibility index (Phi) is 4.97. The highest BCUT2D eigenvalue weighted by Gasteiger charge is 2.30. The van der Waals surface area contributed by atoms with E-state index in [0.29, 0.717) is 24.0 Å². The predicted molar refractivity (Wildman–Crippen MR) is 63.6 cm³/mol. The molecule has 0 aromatic heterocycles. The van der Waals surface area contributed by atoms with Gasteiger partial charge in [0.15, 0.2) is 0 Å². The van der Waals surface area contributed by atoms with Gasteiger partial charge in [-0.3, -0.25) is 4.79 Å². The molecule has 104 valence electrons. The fraction of sp³-hybridized carbons (Fsp3) is 0.308. The summed E-state index contributed by atoms with van der Waals surface area (Å²) in [6.07, 6.45) is -3.75. The number of halogens is 3. The topological polar surface area (TPSA) is 46.5 Å². The molecule has 0 bridgehead atoms. The van der Waals surface area contributed by atoms with Gasteiger partial charge in [0.25, 0.3) is 0 Å². The highest BCUT2D eigenvalue weighted by atomic mass is 19.4. The first kappa shape index (κ1) is 15.1. The summed E-state index contributed by atoms with van der Waals surface area (Å²) in [5, 5.41) is 8.49. The molecule has 3 nitrogen and oxygen atoms in total. The average Bonchev–Trinajstić information content (AvgIpc) is 2.27. The second-order valence-corrected chi connectivity index (χ2v) is 3.92. The van der Waals surface area contributed by atoms with Gasteiger partial charge in [-0.2, -0.15) is 0 Å². The molecule has 0 spiro atoms. The molecule has 0 fully saturated rings. The molecule has 0 radical (unpaired) electrons. The summed E-state index contributed by atoms with van der Waals surface area (Å²) < 4.78 is 39.6. The molecule has 1 rings (SSSR count). The van der Waals surface area contributed by atoms with E-state index in [-0.39, 0.29) is 12.2 Å². The van der Waals surface area contributed by atoms with Crippen molar-refractivity contribution in [2.45, 2.75) is 25.6 Å². The first-order chi connectivity index (χ1) is 8.78. The van der Waals surface area contributed by atoms with Crippen molar-refractivity contribution in [2.75, 3.05) is 0 Å². The maximum atomic E-state index is 11.9. The van der Waals surface area contributed by atoms with Gasteiger partial charge < -0.3 is 9.84 Å². The SMILES string of the molecule is C=C(CCCC(=O)O)c1ccc(OC(F)(F)F)cc1. The molecule has 1 N–H and O–H groups in total. The van der Waals surface area contributed by atoms with Crippen LogP contribution in [0.2, 0.25) is 0 Å². The molecule has 0 aliphatic rings. The largest absolute Gasteiger partial charge is 0.573 e. The zero-order valence-electron chi connectivity index (χ0n) is 10.0. The number of carboxylic acid groups (broad SMARTS) is 1. The Balaban J connectivity index is 2.56. The van der Waals surface area contributed by atoms with Crippen LogP contribution in [0, 0.1) is 0 Å². The first-order valence-corrected chi connectivity index (χ1v) is 5.53. The van der Waals surface area contributed by atoms with Gasteiger partial charge in [0.05, 0.1) is 0 Å². The molecule has 1 aromatic rings. The van der Waals surface area contributed by atoms with Crippen molar-refractivity contribution in [3.05, 3.63) is 36.4 Å². The minimum absolute atomic E-state index is 0.0360. The summed E-state index contributed by atoms with van der Waals surface area (Å²) in [7, 11) is 0. The van der Waals surface area contributed by atoms with E-state index in [4.69, 9.17) is 5.11 Å². The van der Waals surface area contributed by atoms with E-state index in [1.165, 1.54) is 24.3 Å². The van der Waals surface area contributed by atoms with Crippen LogP contribution in [0.4, 0.5) is 13.2 Å². The molecule has 0 atom stereocenters. The predicted octanol–water partition coefficient (Wildman–Crippen LogP) is 3.85. The van der Waals surface area contributed by atoms with Gasteiger partial charge in [0, 0.05) is 6.42 Å². The molecule has 0 aliphatic carbocycles. The van der Waals surface area contributed by atoms with Gasteiger partial charge in [0.1, 0.15) is 5.75 Å². The van der Waals surface area contributed by atoms with Crippen molar-refractivity contribution in [1.82, 2.24) is 0 Å². The van der Waals surface area contributed by atoms with Crippen LogP contribution in [0.1, 0.15) is 24.8 Å². The highest BCUT2D eigenvalue weighted by Crippen LogP contribution is 2.25. The molecular weight excluding hydrogens is 261 g/mol. The third-order valence-corrected chi connectivity index (χ3v) is 2.37. The van der Waals surface area contributed by atoms with Crippen molar-refractivity contribution < 1.29 is 27.8 Å². The van der Waals surface area contributed by atoms with Gasteiger partial charge in [-0.25, -0.2) is 0 Å². The van der Waals surface area contributed by atoms with Gasteiger partial charge in [0.2, 0.25) is 0 Å². The van der Waals surface area contributed by atoms with Crippen molar-refractivity contribution in [1.29, 1.82) is 0 Å². The molecular formula is C13H13F3O3. The number of carbonyl (C=O) groups is 1. The number of hydrogen-bond donors (Lipinski definition) is 1. The normalized spacial score (nSPS) is 11.1. The molecule has 6 heteroatoms. The molecule has 0 aliphatic heterocycles. The van der Waals surface area contributed by atoms with Crippen LogP contribution in [0.5, 0.6) is 5.75 Å². The molecule has 0 amide bonds. The first-order valence-electron chi connectivity index (χ1n) is 5.53. The van der Waals surface area contributed by atoms with Crippen LogP contribution in [-0.4, -0.2) is 17.4 Å². The summed E-state index contributed by atoms with van der Waals surface area (Å²) >= 11 is 0. The number of rotatable bonds is 6. The lowest BCUT2D eigenvalue weighted by Crippen LogP contribution is -2.16. The number of aliphatic carboxylic acids is 1. The summed E-state index contributed by atoms with van der Waals surface area (Å²) in [6.45, 7) is 3.77. The summed E-state index contributed by atoms with van der Waals surface area (Å²) in [4.78, 5) is 10.3. The Bertz CT molecular complexity index is 449. The van der Waals surface area contributed by atoms with Crippen molar-refractivity contribution in [3.8, 4) is 5.75 Å². The average molecular weight is 274 g/mol. The van der Waals surface area contributed by atoms with E-state index in [1.807, 2.05) is 0 Å². The molecule has 1 aromatic carbocycles. The van der Waals surface area contributed by atoms with Crippen LogP contribution < -0.4 is 4.74 Å². The fourth-order valence-electron chi connectivity index (χ4n) is 1.49. The van der Waals surface area contributed by atoms with E-state index >= 15 is 0 Å². The molecule has 0 saturated heterocycles. The number of allylic oxidation sites excluding steroid dienone is 1. The molecule has 0 heterocycles. The third kappa shape index (κ3) is 5.94. The number of alkyl halides is 3. The van der Waals surface area contributed by atoms with Gasteiger partial charge >= 0.3 is 12.3 Å². The molecule has 0 unspecified atom stereocenters. The van der Waals surface area contributed by atoms with Crippen molar-refractivity contribution in [2.24, 2.45) is 0 Å². The fourth-order valence-corrected chi connectivity index (χ4v) is 1.49. The van der Waals surface area contributed by atoms with Gasteiger partial charge in [-0.15, -0.1) is 13.2 Å². The van der Waals surface area contributed by atoms with E-state index in [1.54, 1.807) is 0 Å². The molecule has 0 saturated carbocycles. The van der Waals surface area contributed by atoms with Gasteiger partial charge in [-0.05, 0) is 36.1 Å². The van der Waals surface area contributed by atoms with Crippen LogP contribution in [0.25, 0.3) is 5.57 Å². The Labute approximate surface area is 108 Å². The lowest BCUT2D eigenvalue weighted by molar-refractivity contribution is -0.274. The Morgan fingerprint density at radius 1 is 1.21 bits per heavy atom. The highest BCUT2D eigenvalue weighted by molar-refractivity contribution is 5.68. The van der Waals surface area contributed by atoms with E-state index in [0.717, 1.165) is 0 Å². The van der Waals surface area contributed by atoms with Crippen LogP contribution >= 0.6 is 0 Å². The number of ether oxygens (including phenoxy) is 1. The second kappa shape index (κ2) is 6.26. The minimum atomic E-state index is -4.71. The maximum absolute atomic E-state index is 11.9. The van der Waals surface area contributed by atoms with Crippen LogP contribution in [-0.2, 0) is 4.79 Å². The van der Waals surface area contributed by atoms with Crippen LogP contribution in [0.15, 0.2) is 30.8 Å². The summed E-state index contributed by atoms with van der Waals surface area (Å²) in [5.41, 5.74) is 1.35. The Morgan fingerprint density at radius 3 is 2.26 bits per heavy atom. The van der Waals surface area contributed by atoms with Crippen molar-refractivity contribution >= 4 is 11.5 Å². The number of carboxylic acids is 1. The van der Waals surface area contributed by atoms with Gasteiger partial charge in [-0.1, -0.05) is 18.7 Å². The number of hydrogen-bond acceptors (Lipinski definition) is 2. The Hall–Kier alpha value is -1.98. The van der Waals surface area contributed by atoms with E-state index in [9.17, 15) is 18.0 Å². The third-order valence-electron chi connectivity index (χ3n) is 2.37. The zero-order chi connectivity index (χ0) is 14.5. The van der Waals surface area contributed by atoms with Crippen molar-refractivity contribution in [3.63, 3.8) is 0 Å².